The van der Waals surface area contributed by atoms with Gasteiger partial charge in [-0.1, -0.05) is 28.9 Å². The fraction of sp³-hybridized carbons (Fsp3) is 0.167. The fourth-order valence-corrected chi connectivity index (χ4v) is 1.87. The fourth-order valence-electron chi connectivity index (χ4n) is 1.65. The zero-order valence-corrected chi connectivity index (χ0v) is 9.86. The van der Waals surface area contributed by atoms with Crippen molar-refractivity contribution in [3.8, 4) is 0 Å². The van der Waals surface area contributed by atoms with Crippen LogP contribution in [0.2, 0.25) is 5.02 Å². The molecule has 0 aliphatic carbocycles. The van der Waals surface area contributed by atoms with Crippen molar-refractivity contribution >= 4 is 17.6 Å². The number of aryl methyl sites for hydroxylation is 1. The van der Waals surface area contributed by atoms with E-state index in [-0.39, 0.29) is 5.56 Å². The molecule has 2 aromatic rings. The van der Waals surface area contributed by atoms with Crippen molar-refractivity contribution in [1.82, 2.24) is 5.16 Å². The van der Waals surface area contributed by atoms with E-state index in [4.69, 9.17) is 21.2 Å². The molecule has 0 radical (unpaired) electrons. The van der Waals surface area contributed by atoms with Gasteiger partial charge in [0.1, 0.15) is 17.0 Å². The molecule has 0 fully saturated rings. The minimum Gasteiger partial charge on any atom is -0.477 e. The first-order valence-electron chi connectivity index (χ1n) is 5.01. The molecule has 0 bridgehead atoms. The summed E-state index contributed by atoms with van der Waals surface area (Å²) in [5.41, 5.74) is 1.44. The summed E-state index contributed by atoms with van der Waals surface area (Å²) in [6.45, 7) is 1.58. The van der Waals surface area contributed by atoms with Crippen LogP contribution in [0.1, 0.15) is 27.4 Å². The molecule has 2 rings (SSSR count). The monoisotopic (exact) mass is 251 g/mol. The van der Waals surface area contributed by atoms with Gasteiger partial charge >= 0.3 is 5.97 Å². The van der Waals surface area contributed by atoms with E-state index in [1.165, 1.54) is 0 Å². The lowest BCUT2D eigenvalue weighted by Crippen LogP contribution is -2.02. The van der Waals surface area contributed by atoms with Gasteiger partial charge in [0, 0.05) is 11.4 Å². The quantitative estimate of drug-likeness (QED) is 0.911. The van der Waals surface area contributed by atoms with Crippen LogP contribution in [0.25, 0.3) is 0 Å². The molecule has 0 amide bonds. The average Bonchev–Trinajstić information content (AvgIpc) is 2.59. The highest BCUT2D eigenvalue weighted by Gasteiger charge is 2.19. The Kier molecular flexibility index (Phi) is 3.15. The van der Waals surface area contributed by atoms with Crippen molar-refractivity contribution < 1.29 is 14.4 Å². The van der Waals surface area contributed by atoms with Crippen LogP contribution in [0.3, 0.4) is 0 Å². The van der Waals surface area contributed by atoms with Crippen LogP contribution in [0.4, 0.5) is 0 Å². The summed E-state index contributed by atoms with van der Waals surface area (Å²) in [5.74, 6) is -0.713. The van der Waals surface area contributed by atoms with Gasteiger partial charge in [0.2, 0.25) is 0 Å². The molecule has 1 aromatic heterocycles. The predicted molar refractivity (Wildman–Crippen MR) is 62.5 cm³/mol. The van der Waals surface area contributed by atoms with E-state index in [0.29, 0.717) is 22.9 Å². The number of hydrogen-bond acceptors (Lipinski definition) is 3. The number of rotatable bonds is 3. The summed E-state index contributed by atoms with van der Waals surface area (Å²) in [6.07, 6.45) is 0.388. The van der Waals surface area contributed by atoms with Gasteiger partial charge < -0.3 is 9.63 Å². The molecule has 0 aliphatic rings. The van der Waals surface area contributed by atoms with Gasteiger partial charge in [-0.3, -0.25) is 0 Å². The summed E-state index contributed by atoms with van der Waals surface area (Å²) in [6, 6.07) is 7.21. The third kappa shape index (κ3) is 2.47. The Labute approximate surface area is 103 Å². The zero-order valence-electron chi connectivity index (χ0n) is 9.11. The third-order valence-corrected chi connectivity index (χ3v) is 2.64. The van der Waals surface area contributed by atoms with E-state index in [2.05, 4.69) is 5.16 Å². The van der Waals surface area contributed by atoms with E-state index < -0.39 is 5.97 Å². The van der Waals surface area contributed by atoms with Gasteiger partial charge in [-0.15, -0.1) is 0 Å². The van der Waals surface area contributed by atoms with Gasteiger partial charge in [-0.2, -0.15) is 0 Å². The Morgan fingerprint density at radius 3 is 2.94 bits per heavy atom. The average molecular weight is 252 g/mol. The van der Waals surface area contributed by atoms with Crippen molar-refractivity contribution in [2.24, 2.45) is 0 Å². The van der Waals surface area contributed by atoms with E-state index in [0.717, 1.165) is 5.56 Å². The molecular formula is C12H10ClNO3. The summed E-state index contributed by atoms with van der Waals surface area (Å²) >= 11 is 5.86. The Hall–Kier alpha value is -1.81. The Bertz CT molecular complexity index is 563. The van der Waals surface area contributed by atoms with E-state index in [9.17, 15) is 4.79 Å². The van der Waals surface area contributed by atoms with Gasteiger partial charge in [0.15, 0.2) is 0 Å². The standard InChI is InChI=1S/C12H10ClNO3/c1-7-11(12(15)16)10(14-17-7)6-8-3-2-4-9(13)5-8/h2-5H,6H2,1H3,(H,15,16). The number of benzene rings is 1. The van der Waals surface area contributed by atoms with Crippen molar-refractivity contribution in [3.05, 3.63) is 51.9 Å². The van der Waals surface area contributed by atoms with Crippen molar-refractivity contribution in [2.75, 3.05) is 0 Å². The number of aromatic carboxylic acids is 1. The molecule has 0 spiro atoms. The van der Waals surface area contributed by atoms with E-state index in [1.807, 2.05) is 12.1 Å². The molecule has 1 N–H and O–H groups in total. The van der Waals surface area contributed by atoms with Crippen LogP contribution < -0.4 is 0 Å². The SMILES string of the molecule is Cc1onc(Cc2cccc(Cl)c2)c1C(=O)O. The lowest BCUT2D eigenvalue weighted by atomic mass is 10.1. The van der Waals surface area contributed by atoms with Crippen molar-refractivity contribution in [2.45, 2.75) is 13.3 Å². The Morgan fingerprint density at radius 2 is 2.29 bits per heavy atom. The summed E-state index contributed by atoms with van der Waals surface area (Å²) in [7, 11) is 0. The molecule has 17 heavy (non-hydrogen) atoms. The molecule has 1 heterocycles. The molecule has 1 aromatic carbocycles. The number of nitrogens with zero attached hydrogens (tertiary/aromatic N) is 1. The van der Waals surface area contributed by atoms with Gasteiger partial charge in [0.25, 0.3) is 0 Å². The van der Waals surface area contributed by atoms with E-state index >= 15 is 0 Å². The van der Waals surface area contributed by atoms with Crippen LogP contribution in [0.15, 0.2) is 28.8 Å². The minimum atomic E-state index is -1.03. The van der Waals surface area contributed by atoms with Crippen molar-refractivity contribution in [3.63, 3.8) is 0 Å². The highest BCUT2D eigenvalue weighted by Crippen LogP contribution is 2.19. The molecule has 0 atom stereocenters. The maximum atomic E-state index is 11.0. The molecular weight excluding hydrogens is 242 g/mol. The van der Waals surface area contributed by atoms with Crippen molar-refractivity contribution in [1.29, 1.82) is 0 Å². The van der Waals surface area contributed by atoms with Crippen LogP contribution >= 0.6 is 11.6 Å². The maximum Gasteiger partial charge on any atom is 0.341 e. The lowest BCUT2D eigenvalue weighted by molar-refractivity contribution is 0.0694. The number of carbonyl (C=O) groups is 1. The molecule has 5 heteroatoms. The number of carboxylic acid groups (broad SMARTS) is 1. The first kappa shape index (κ1) is 11.7. The summed E-state index contributed by atoms with van der Waals surface area (Å²) < 4.78 is 4.90. The highest BCUT2D eigenvalue weighted by atomic mass is 35.5. The van der Waals surface area contributed by atoms with Crippen LogP contribution in [-0.2, 0) is 6.42 Å². The topological polar surface area (TPSA) is 63.3 Å². The largest absolute Gasteiger partial charge is 0.477 e. The number of carboxylic acids is 1. The normalized spacial score (nSPS) is 10.5. The van der Waals surface area contributed by atoms with Gasteiger partial charge in [-0.25, -0.2) is 4.79 Å². The zero-order chi connectivity index (χ0) is 12.4. The Morgan fingerprint density at radius 1 is 1.53 bits per heavy atom. The van der Waals surface area contributed by atoms with Gasteiger partial charge in [-0.05, 0) is 24.6 Å². The lowest BCUT2D eigenvalue weighted by Gasteiger charge is -1.99. The second-order valence-electron chi connectivity index (χ2n) is 3.67. The van der Waals surface area contributed by atoms with Gasteiger partial charge in [0.05, 0.1) is 0 Å². The Balaban J connectivity index is 2.33. The molecule has 0 saturated carbocycles. The number of halogens is 1. The smallest absolute Gasteiger partial charge is 0.341 e. The number of aromatic nitrogens is 1. The molecule has 0 unspecified atom stereocenters. The summed E-state index contributed by atoms with van der Waals surface area (Å²) in [5, 5.41) is 13.4. The molecule has 88 valence electrons. The van der Waals surface area contributed by atoms with Crippen LogP contribution in [0.5, 0.6) is 0 Å². The minimum absolute atomic E-state index is 0.130. The number of hydrogen-bond donors (Lipinski definition) is 1. The first-order valence-corrected chi connectivity index (χ1v) is 5.38. The predicted octanol–water partition coefficient (Wildman–Crippen LogP) is 2.93. The second kappa shape index (κ2) is 4.59. The maximum absolute atomic E-state index is 11.0. The highest BCUT2D eigenvalue weighted by molar-refractivity contribution is 6.30. The summed E-state index contributed by atoms with van der Waals surface area (Å²) in [4.78, 5) is 11.0. The van der Waals surface area contributed by atoms with E-state index in [1.54, 1.807) is 19.1 Å². The molecule has 0 saturated heterocycles. The molecule has 4 nitrogen and oxygen atoms in total. The first-order chi connectivity index (χ1) is 8.08. The second-order valence-corrected chi connectivity index (χ2v) is 4.11. The van der Waals surface area contributed by atoms with Crippen LogP contribution in [0, 0.1) is 6.92 Å². The third-order valence-electron chi connectivity index (χ3n) is 2.41. The van der Waals surface area contributed by atoms with Crippen LogP contribution in [-0.4, -0.2) is 16.2 Å². The molecule has 0 aliphatic heterocycles.